The SMILES string of the molecule is CCOc1ccc(C2(c3cccc(-c4cncc(OC)c4)c3)COC(NOC=O)=N2)cc1. The molecule has 1 unspecified atom stereocenters. The lowest BCUT2D eigenvalue weighted by molar-refractivity contribution is -0.132. The molecule has 0 radical (unpaired) electrons. The van der Waals surface area contributed by atoms with Crippen molar-refractivity contribution < 1.29 is 23.8 Å². The van der Waals surface area contributed by atoms with Gasteiger partial charge in [0.25, 0.3) is 0 Å². The van der Waals surface area contributed by atoms with E-state index in [4.69, 9.17) is 19.2 Å². The summed E-state index contributed by atoms with van der Waals surface area (Å²) in [6.45, 7) is 3.03. The van der Waals surface area contributed by atoms with Crippen molar-refractivity contribution >= 4 is 12.5 Å². The average molecular weight is 433 g/mol. The summed E-state index contributed by atoms with van der Waals surface area (Å²) in [6, 6.07) is 17.8. The normalized spacial score (nSPS) is 17.1. The van der Waals surface area contributed by atoms with Crippen molar-refractivity contribution in [2.45, 2.75) is 12.5 Å². The van der Waals surface area contributed by atoms with E-state index in [9.17, 15) is 4.79 Å². The number of methoxy groups -OCH3 is 1. The summed E-state index contributed by atoms with van der Waals surface area (Å²) in [5, 5.41) is 0. The zero-order valence-corrected chi connectivity index (χ0v) is 17.8. The van der Waals surface area contributed by atoms with Crippen molar-refractivity contribution in [3.63, 3.8) is 0 Å². The van der Waals surface area contributed by atoms with Crippen molar-refractivity contribution in [3.8, 4) is 22.6 Å². The predicted molar refractivity (Wildman–Crippen MR) is 118 cm³/mol. The van der Waals surface area contributed by atoms with E-state index >= 15 is 0 Å². The maximum atomic E-state index is 10.6. The Morgan fingerprint density at radius 3 is 2.66 bits per heavy atom. The number of pyridine rings is 1. The number of aromatic nitrogens is 1. The van der Waals surface area contributed by atoms with Gasteiger partial charge >= 0.3 is 12.5 Å². The zero-order chi connectivity index (χ0) is 22.4. The molecule has 1 N–H and O–H groups in total. The number of hydrogen-bond donors (Lipinski definition) is 1. The Morgan fingerprint density at radius 1 is 1.06 bits per heavy atom. The molecule has 0 aliphatic carbocycles. The fourth-order valence-corrected chi connectivity index (χ4v) is 3.64. The molecule has 4 rings (SSSR count). The molecule has 2 aromatic carbocycles. The third-order valence-electron chi connectivity index (χ3n) is 5.17. The second-order valence-corrected chi connectivity index (χ2v) is 7.03. The molecule has 0 spiro atoms. The fourth-order valence-electron chi connectivity index (χ4n) is 3.64. The number of nitrogens with one attached hydrogen (secondary N) is 1. The molecular weight excluding hydrogens is 410 g/mol. The van der Waals surface area contributed by atoms with Gasteiger partial charge in [-0.25, -0.2) is 4.99 Å². The van der Waals surface area contributed by atoms with Gasteiger partial charge in [0.15, 0.2) is 5.54 Å². The Hall–Kier alpha value is -4.07. The topological polar surface area (TPSA) is 91.3 Å². The van der Waals surface area contributed by atoms with Gasteiger partial charge in [-0.05, 0) is 47.9 Å². The third kappa shape index (κ3) is 4.20. The van der Waals surface area contributed by atoms with Crippen LogP contribution in [0.2, 0.25) is 0 Å². The molecule has 0 bridgehead atoms. The number of carbonyl (C=O) groups excluding carboxylic acids is 1. The average Bonchev–Trinajstić information content (AvgIpc) is 3.29. The minimum Gasteiger partial charge on any atom is -0.495 e. The van der Waals surface area contributed by atoms with Crippen LogP contribution in [0.3, 0.4) is 0 Å². The minimum absolute atomic E-state index is 0.124. The molecule has 164 valence electrons. The van der Waals surface area contributed by atoms with Crippen LogP contribution in [0.25, 0.3) is 11.1 Å². The van der Waals surface area contributed by atoms with Crippen LogP contribution >= 0.6 is 0 Å². The second kappa shape index (κ2) is 9.38. The molecule has 32 heavy (non-hydrogen) atoms. The molecule has 1 aliphatic rings. The molecule has 1 aromatic heterocycles. The lowest BCUT2D eigenvalue weighted by Gasteiger charge is -2.26. The van der Waals surface area contributed by atoms with Gasteiger partial charge in [0, 0.05) is 11.8 Å². The molecule has 0 saturated heterocycles. The lowest BCUT2D eigenvalue weighted by Crippen LogP contribution is -2.27. The third-order valence-corrected chi connectivity index (χ3v) is 5.17. The van der Waals surface area contributed by atoms with E-state index in [-0.39, 0.29) is 19.1 Å². The Labute approximate surface area is 185 Å². The van der Waals surface area contributed by atoms with Gasteiger partial charge < -0.3 is 19.0 Å². The Morgan fingerprint density at radius 2 is 1.91 bits per heavy atom. The van der Waals surface area contributed by atoms with Crippen LogP contribution in [-0.2, 0) is 19.9 Å². The number of nitrogens with zero attached hydrogens (tertiary/aromatic N) is 2. The Kier molecular flexibility index (Phi) is 6.21. The number of hydrogen-bond acceptors (Lipinski definition) is 8. The van der Waals surface area contributed by atoms with Crippen LogP contribution in [-0.4, -0.2) is 37.8 Å². The summed E-state index contributed by atoms with van der Waals surface area (Å²) >= 11 is 0. The first-order chi connectivity index (χ1) is 15.7. The smallest absolute Gasteiger partial charge is 0.320 e. The first kappa shape index (κ1) is 21.2. The quantitative estimate of drug-likeness (QED) is 0.430. The number of hydroxylamine groups is 1. The number of rotatable bonds is 8. The van der Waals surface area contributed by atoms with Crippen molar-refractivity contribution in [1.82, 2.24) is 10.5 Å². The van der Waals surface area contributed by atoms with Gasteiger partial charge in [-0.15, -0.1) is 0 Å². The molecule has 1 atom stereocenters. The Balaban J connectivity index is 1.79. The second-order valence-electron chi connectivity index (χ2n) is 7.03. The lowest BCUT2D eigenvalue weighted by atomic mass is 9.83. The van der Waals surface area contributed by atoms with Gasteiger partial charge in [-0.2, -0.15) is 5.48 Å². The zero-order valence-electron chi connectivity index (χ0n) is 17.8. The first-order valence-electron chi connectivity index (χ1n) is 10.1. The highest BCUT2D eigenvalue weighted by molar-refractivity contribution is 5.77. The standard InChI is InChI=1S/C24H23N3O5/c1-3-30-21-9-7-19(8-10-21)24(15-31-23(26-24)27-32-16-28)20-6-4-5-17(11-20)18-12-22(29-2)14-25-13-18/h4-14,16H,3,15H2,1-2H3,(H,26,27). The predicted octanol–water partition coefficient (Wildman–Crippen LogP) is 3.46. The molecule has 1 aliphatic heterocycles. The van der Waals surface area contributed by atoms with Crippen LogP contribution in [0, 0.1) is 0 Å². The van der Waals surface area contributed by atoms with E-state index in [0.717, 1.165) is 28.0 Å². The fraction of sp³-hybridized carbons (Fsp3) is 0.208. The van der Waals surface area contributed by atoms with Crippen molar-refractivity contribution in [1.29, 1.82) is 0 Å². The molecule has 0 saturated carbocycles. The first-order valence-corrected chi connectivity index (χ1v) is 10.1. The van der Waals surface area contributed by atoms with E-state index in [1.54, 1.807) is 19.5 Å². The number of carbonyl (C=O) groups is 1. The van der Waals surface area contributed by atoms with E-state index in [2.05, 4.69) is 15.3 Å². The summed E-state index contributed by atoms with van der Waals surface area (Å²) in [6.07, 6.45) is 3.44. The van der Waals surface area contributed by atoms with Gasteiger partial charge in [0.2, 0.25) is 0 Å². The van der Waals surface area contributed by atoms with E-state index in [1.807, 2.05) is 61.5 Å². The van der Waals surface area contributed by atoms with Crippen molar-refractivity contribution in [2.75, 3.05) is 20.3 Å². The Bertz CT molecular complexity index is 1120. The summed E-state index contributed by atoms with van der Waals surface area (Å²) in [7, 11) is 1.61. The summed E-state index contributed by atoms with van der Waals surface area (Å²) in [4.78, 5) is 24.2. The number of aliphatic imine (C=N–C) groups is 1. The highest BCUT2D eigenvalue weighted by atomic mass is 16.7. The number of amidine groups is 1. The maximum Gasteiger partial charge on any atom is 0.320 e. The van der Waals surface area contributed by atoms with Crippen LogP contribution in [0.15, 0.2) is 72.0 Å². The van der Waals surface area contributed by atoms with Gasteiger partial charge in [0.1, 0.15) is 18.1 Å². The van der Waals surface area contributed by atoms with Gasteiger partial charge in [0.05, 0.1) is 19.9 Å². The minimum atomic E-state index is -0.846. The molecular formula is C24H23N3O5. The van der Waals surface area contributed by atoms with Crippen molar-refractivity contribution in [3.05, 3.63) is 78.1 Å². The van der Waals surface area contributed by atoms with Gasteiger partial charge in [-0.1, -0.05) is 30.3 Å². The highest BCUT2D eigenvalue weighted by Crippen LogP contribution is 2.40. The summed E-state index contributed by atoms with van der Waals surface area (Å²) in [5.41, 5.74) is 5.27. The monoisotopic (exact) mass is 433 g/mol. The largest absolute Gasteiger partial charge is 0.495 e. The summed E-state index contributed by atoms with van der Waals surface area (Å²) < 4.78 is 16.6. The van der Waals surface area contributed by atoms with Crippen LogP contribution in [0.1, 0.15) is 18.1 Å². The number of benzene rings is 2. The van der Waals surface area contributed by atoms with E-state index < -0.39 is 5.54 Å². The molecule has 8 nitrogen and oxygen atoms in total. The highest BCUT2D eigenvalue weighted by Gasteiger charge is 2.41. The molecule has 2 heterocycles. The van der Waals surface area contributed by atoms with E-state index in [0.29, 0.717) is 12.4 Å². The molecule has 3 aromatic rings. The molecule has 8 heteroatoms. The van der Waals surface area contributed by atoms with Crippen LogP contribution in [0.5, 0.6) is 11.5 Å². The van der Waals surface area contributed by atoms with E-state index in [1.165, 1.54) is 0 Å². The van der Waals surface area contributed by atoms with Gasteiger partial charge in [-0.3, -0.25) is 9.78 Å². The van der Waals surface area contributed by atoms with Crippen molar-refractivity contribution in [2.24, 2.45) is 4.99 Å². The maximum absolute atomic E-state index is 10.6. The molecule has 0 fully saturated rings. The van der Waals surface area contributed by atoms with Crippen LogP contribution in [0.4, 0.5) is 0 Å². The number of ether oxygens (including phenoxy) is 3. The van der Waals surface area contributed by atoms with Crippen LogP contribution < -0.4 is 15.0 Å². The summed E-state index contributed by atoms with van der Waals surface area (Å²) in [5.74, 6) is 1.45. The molecule has 0 amide bonds.